The van der Waals surface area contributed by atoms with Crippen molar-refractivity contribution in [3.05, 3.63) is 24.3 Å². The van der Waals surface area contributed by atoms with Crippen LogP contribution in [-0.4, -0.2) is 27.0 Å². The molecular formula is C12H14ClNO4S. The fourth-order valence-electron chi connectivity index (χ4n) is 1.94. The van der Waals surface area contributed by atoms with Crippen LogP contribution in [0.25, 0.3) is 0 Å². The Morgan fingerprint density at radius 1 is 1.37 bits per heavy atom. The molecule has 1 amide bonds. The van der Waals surface area contributed by atoms with Crippen LogP contribution < -0.4 is 5.32 Å². The van der Waals surface area contributed by atoms with E-state index in [1.165, 1.54) is 24.3 Å². The van der Waals surface area contributed by atoms with Gasteiger partial charge >= 0.3 is 0 Å². The number of rotatable bonds is 3. The zero-order valence-electron chi connectivity index (χ0n) is 10.3. The number of nitrogens with one attached hydrogen (secondary N) is 1. The smallest absolute Gasteiger partial charge is 0.261 e. The van der Waals surface area contributed by atoms with Gasteiger partial charge in [0.15, 0.2) is 0 Å². The molecular weight excluding hydrogens is 290 g/mol. The van der Waals surface area contributed by atoms with E-state index >= 15 is 0 Å². The van der Waals surface area contributed by atoms with Crippen molar-refractivity contribution in [2.75, 3.05) is 11.9 Å². The highest BCUT2D eigenvalue weighted by Gasteiger charge is 2.30. The summed E-state index contributed by atoms with van der Waals surface area (Å²) in [4.78, 5) is 11.9. The van der Waals surface area contributed by atoms with Crippen molar-refractivity contribution in [2.45, 2.75) is 24.3 Å². The molecule has 0 saturated carbocycles. The van der Waals surface area contributed by atoms with Crippen molar-refractivity contribution in [2.24, 2.45) is 5.92 Å². The molecule has 1 aliphatic rings. The Bertz CT molecular complexity index is 570. The predicted molar refractivity (Wildman–Crippen MR) is 71.6 cm³/mol. The van der Waals surface area contributed by atoms with E-state index in [-0.39, 0.29) is 16.7 Å². The summed E-state index contributed by atoms with van der Waals surface area (Å²) >= 11 is 0. The molecule has 2 rings (SSSR count). The van der Waals surface area contributed by atoms with E-state index < -0.39 is 15.2 Å². The van der Waals surface area contributed by atoms with Crippen molar-refractivity contribution in [1.82, 2.24) is 0 Å². The van der Waals surface area contributed by atoms with Gasteiger partial charge in [-0.3, -0.25) is 4.79 Å². The van der Waals surface area contributed by atoms with E-state index in [1.807, 2.05) is 6.92 Å². The van der Waals surface area contributed by atoms with Gasteiger partial charge in [-0.25, -0.2) is 8.42 Å². The summed E-state index contributed by atoms with van der Waals surface area (Å²) in [7, 11) is 1.47. The van der Waals surface area contributed by atoms with Gasteiger partial charge in [0.1, 0.15) is 6.10 Å². The van der Waals surface area contributed by atoms with E-state index in [1.54, 1.807) is 0 Å². The third kappa shape index (κ3) is 3.46. The van der Waals surface area contributed by atoms with Gasteiger partial charge in [-0.05, 0) is 36.6 Å². The number of carbonyl (C=O) groups is 1. The number of hydrogen-bond donors (Lipinski definition) is 1. The van der Waals surface area contributed by atoms with E-state index in [0.29, 0.717) is 12.3 Å². The van der Waals surface area contributed by atoms with Gasteiger partial charge in [-0.15, -0.1) is 0 Å². The Hall–Kier alpha value is -1.11. The van der Waals surface area contributed by atoms with Crippen LogP contribution in [0.5, 0.6) is 0 Å². The molecule has 2 unspecified atom stereocenters. The first-order valence-corrected chi connectivity index (χ1v) is 8.16. The Morgan fingerprint density at radius 2 is 2.00 bits per heavy atom. The van der Waals surface area contributed by atoms with Crippen LogP contribution in [0.2, 0.25) is 0 Å². The Balaban J connectivity index is 2.06. The molecule has 1 aliphatic heterocycles. The van der Waals surface area contributed by atoms with Crippen LogP contribution >= 0.6 is 10.7 Å². The third-order valence-corrected chi connectivity index (χ3v) is 4.42. The standard InChI is InChI=1S/C12H14ClNO4S/c1-8-6-7-18-11(8)12(15)14-9-2-4-10(5-3-9)19(13,16)17/h2-5,8,11H,6-7H2,1H3,(H,14,15). The number of ether oxygens (including phenoxy) is 1. The van der Waals surface area contributed by atoms with Crippen LogP contribution in [0.1, 0.15) is 13.3 Å². The lowest BCUT2D eigenvalue weighted by Crippen LogP contribution is -2.31. The second kappa shape index (κ2) is 5.48. The molecule has 0 bridgehead atoms. The first-order valence-electron chi connectivity index (χ1n) is 5.85. The molecule has 104 valence electrons. The van der Waals surface area contributed by atoms with E-state index in [0.717, 1.165) is 6.42 Å². The van der Waals surface area contributed by atoms with Gasteiger partial charge in [0.25, 0.3) is 15.0 Å². The number of amides is 1. The molecule has 0 aromatic heterocycles. The number of carbonyl (C=O) groups excluding carboxylic acids is 1. The first-order chi connectivity index (χ1) is 8.88. The van der Waals surface area contributed by atoms with Gasteiger partial charge in [-0.2, -0.15) is 0 Å². The summed E-state index contributed by atoms with van der Waals surface area (Å²) in [5, 5.41) is 2.69. The number of halogens is 1. The SMILES string of the molecule is CC1CCOC1C(=O)Nc1ccc(S(=O)(=O)Cl)cc1. The molecule has 0 radical (unpaired) electrons. The molecule has 19 heavy (non-hydrogen) atoms. The molecule has 1 aromatic carbocycles. The first kappa shape index (κ1) is 14.3. The summed E-state index contributed by atoms with van der Waals surface area (Å²) in [5.41, 5.74) is 0.511. The Labute approximate surface area is 116 Å². The highest BCUT2D eigenvalue weighted by molar-refractivity contribution is 8.13. The van der Waals surface area contributed by atoms with E-state index in [9.17, 15) is 13.2 Å². The predicted octanol–water partition coefficient (Wildman–Crippen LogP) is 1.98. The summed E-state index contributed by atoms with van der Waals surface area (Å²) in [6.07, 6.45) is 0.415. The maximum Gasteiger partial charge on any atom is 0.261 e. The van der Waals surface area contributed by atoms with Gasteiger partial charge in [0.2, 0.25) is 0 Å². The lowest BCUT2D eigenvalue weighted by atomic mass is 10.0. The zero-order chi connectivity index (χ0) is 14.0. The average Bonchev–Trinajstić information content (AvgIpc) is 2.75. The molecule has 5 nitrogen and oxygen atoms in total. The summed E-state index contributed by atoms with van der Waals surface area (Å²) in [6, 6.07) is 5.67. The van der Waals surface area contributed by atoms with Crippen LogP contribution in [0.3, 0.4) is 0 Å². The van der Waals surface area contributed by atoms with Gasteiger partial charge in [0.05, 0.1) is 4.90 Å². The normalized spacial score (nSPS) is 23.3. The minimum Gasteiger partial charge on any atom is -0.368 e. The molecule has 0 aliphatic carbocycles. The highest BCUT2D eigenvalue weighted by Crippen LogP contribution is 2.22. The molecule has 0 spiro atoms. The van der Waals surface area contributed by atoms with Crippen LogP contribution in [-0.2, 0) is 18.6 Å². The second-order valence-electron chi connectivity index (χ2n) is 4.51. The molecule has 1 heterocycles. The maximum absolute atomic E-state index is 11.9. The van der Waals surface area contributed by atoms with Crippen molar-refractivity contribution in [3.8, 4) is 0 Å². The summed E-state index contributed by atoms with van der Waals surface area (Å²) in [6.45, 7) is 2.54. The molecule has 1 fully saturated rings. The number of hydrogen-bond acceptors (Lipinski definition) is 4. The summed E-state index contributed by atoms with van der Waals surface area (Å²) in [5.74, 6) is -0.0334. The van der Waals surface area contributed by atoms with Crippen molar-refractivity contribution in [1.29, 1.82) is 0 Å². The zero-order valence-corrected chi connectivity index (χ0v) is 11.9. The minimum absolute atomic E-state index is 0.00218. The monoisotopic (exact) mass is 303 g/mol. The topological polar surface area (TPSA) is 72.5 Å². The third-order valence-electron chi connectivity index (χ3n) is 3.05. The average molecular weight is 304 g/mol. The summed E-state index contributed by atoms with van der Waals surface area (Å²) < 4.78 is 27.5. The molecule has 2 atom stereocenters. The van der Waals surface area contributed by atoms with Crippen molar-refractivity contribution < 1.29 is 17.9 Å². The van der Waals surface area contributed by atoms with Crippen LogP contribution in [0, 0.1) is 5.92 Å². The van der Waals surface area contributed by atoms with Gasteiger partial charge < -0.3 is 10.1 Å². The van der Waals surface area contributed by atoms with Crippen molar-refractivity contribution >= 4 is 31.3 Å². The Morgan fingerprint density at radius 3 is 2.47 bits per heavy atom. The lowest BCUT2D eigenvalue weighted by Gasteiger charge is -2.14. The van der Waals surface area contributed by atoms with Crippen LogP contribution in [0.15, 0.2) is 29.2 Å². The lowest BCUT2D eigenvalue weighted by molar-refractivity contribution is -0.126. The number of anilines is 1. The molecule has 1 N–H and O–H groups in total. The van der Waals surface area contributed by atoms with Crippen LogP contribution in [0.4, 0.5) is 5.69 Å². The van der Waals surface area contributed by atoms with Gasteiger partial charge in [0, 0.05) is 23.0 Å². The second-order valence-corrected chi connectivity index (χ2v) is 7.07. The fraction of sp³-hybridized carbons (Fsp3) is 0.417. The van der Waals surface area contributed by atoms with E-state index in [4.69, 9.17) is 15.4 Å². The quantitative estimate of drug-likeness (QED) is 0.867. The van der Waals surface area contributed by atoms with Crippen molar-refractivity contribution in [3.63, 3.8) is 0 Å². The number of benzene rings is 1. The highest BCUT2D eigenvalue weighted by atomic mass is 35.7. The molecule has 1 aromatic rings. The Kier molecular flexibility index (Phi) is 4.13. The molecule has 7 heteroatoms. The van der Waals surface area contributed by atoms with Gasteiger partial charge in [-0.1, -0.05) is 6.92 Å². The fourth-order valence-corrected chi connectivity index (χ4v) is 2.71. The largest absolute Gasteiger partial charge is 0.368 e. The minimum atomic E-state index is -3.74. The molecule has 1 saturated heterocycles. The van der Waals surface area contributed by atoms with E-state index in [2.05, 4.69) is 5.32 Å². The maximum atomic E-state index is 11.9.